The molecule has 7 nitrogen and oxygen atoms in total. The van der Waals surface area contributed by atoms with Crippen LogP contribution >= 0.6 is 0 Å². The van der Waals surface area contributed by atoms with Crippen LogP contribution in [-0.4, -0.2) is 49.9 Å². The van der Waals surface area contributed by atoms with Crippen LogP contribution in [0, 0.1) is 11.3 Å². The van der Waals surface area contributed by atoms with Gasteiger partial charge in [-0.15, -0.1) is 0 Å². The van der Waals surface area contributed by atoms with Crippen molar-refractivity contribution >= 4 is 11.9 Å². The van der Waals surface area contributed by atoms with Crippen LogP contribution in [0.4, 0.5) is 0 Å². The summed E-state index contributed by atoms with van der Waals surface area (Å²) in [4.78, 5) is 38.4. The van der Waals surface area contributed by atoms with Gasteiger partial charge in [-0.3, -0.25) is 9.78 Å². The molecule has 1 atom stereocenters. The van der Waals surface area contributed by atoms with Crippen LogP contribution in [-0.2, 0) is 11.2 Å². The van der Waals surface area contributed by atoms with Gasteiger partial charge in [0.2, 0.25) is 5.91 Å². The number of piperidine rings is 1. The van der Waals surface area contributed by atoms with Gasteiger partial charge in [-0.1, -0.05) is 20.8 Å². The monoisotopic (exact) mass is 382 g/mol. The molecular weight excluding hydrogens is 356 g/mol. The first-order chi connectivity index (χ1) is 13.2. The Morgan fingerprint density at radius 2 is 2.00 bits per heavy atom. The first-order valence-corrected chi connectivity index (χ1v) is 9.53. The Bertz CT molecular complexity index is 876. The molecule has 2 aromatic heterocycles. The number of nitrogens with zero attached hydrogens (tertiary/aromatic N) is 4. The second kappa shape index (κ2) is 8.04. The molecule has 1 N–H and O–H groups in total. The maximum Gasteiger partial charge on any atom is 0.337 e. The number of pyridine rings is 1. The summed E-state index contributed by atoms with van der Waals surface area (Å²) in [6, 6.07) is 3.44. The molecule has 0 aromatic carbocycles. The van der Waals surface area contributed by atoms with Gasteiger partial charge < -0.3 is 10.0 Å². The molecule has 3 heterocycles. The highest BCUT2D eigenvalue weighted by Gasteiger charge is 2.31. The van der Waals surface area contributed by atoms with Crippen molar-refractivity contribution in [1.82, 2.24) is 19.9 Å². The minimum Gasteiger partial charge on any atom is -0.478 e. The van der Waals surface area contributed by atoms with Crippen LogP contribution in [0.2, 0.25) is 0 Å². The van der Waals surface area contributed by atoms with E-state index in [2.05, 4.69) is 15.0 Å². The summed E-state index contributed by atoms with van der Waals surface area (Å²) < 4.78 is 0. The Morgan fingerprint density at radius 1 is 1.21 bits per heavy atom. The van der Waals surface area contributed by atoms with Crippen LogP contribution in [0.25, 0.3) is 11.3 Å². The molecule has 7 heteroatoms. The number of likely N-dealkylation sites (tertiary alicyclic amines) is 1. The number of carbonyl (C=O) groups is 2. The molecule has 1 aliphatic rings. The summed E-state index contributed by atoms with van der Waals surface area (Å²) in [7, 11) is 0. The zero-order valence-electron chi connectivity index (χ0n) is 16.6. The number of amides is 1. The zero-order valence-corrected chi connectivity index (χ0v) is 16.6. The molecular formula is C21H26N4O3. The van der Waals surface area contributed by atoms with Crippen molar-refractivity contribution < 1.29 is 14.7 Å². The number of carboxylic acid groups (broad SMARTS) is 1. The highest BCUT2D eigenvalue weighted by molar-refractivity contribution is 5.88. The Kier molecular flexibility index (Phi) is 5.72. The first kappa shape index (κ1) is 19.9. The number of carboxylic acids is 1. The SMILES string of the molecule is CC(C)(C)C(=O)N1CCC[C@@H](Cc2cc(-c3cncc(C(=O)O)c3)ncn2)C1. The van der Waals surface area contributed by atoms with Crippen molar-refractivity contribution in [1.29, 1.82) is 0 Å². The Morgan fingerprint density at radius 3 is 2.71 bits per heavy atom. The second-order valence-electron chi connectivity index (χ2n) is 8.38. The minimum absolute atomic E-state index is 0.126. The van der Waals surface area contributed by atoms with E-state index >= 15 is 0 Å². The van der Waals surface area contributed by atoms with E-state index in [1.807, 2.05) is 31.7 Å². The molecule has 0 bridgehead atoms. The zero-order chi connectivity index (χ0) is 20.3. The fourth-order valence-electron chi connectivity index (χ4n) is 3.55. The number of hydrogen-bond acceptors (Lipinski definition) is 5. The van der Waals surface area contributed by atoms with Gasteiger partial charge in [0, 0.05) is 42.2 Å². The van der Waals surface area contributed by atoms with Gasteiger partial charge >= 0.3 is 5.97 Å². The maximum absolute atomic E-state index is 12.6. The fraction of sp³-hybridized carbons (Fsp3) is 0.476. The molecule has 0 saturated carbocycles. The Balaban J connectivity index is 1.73. The lowest BCUT2D eigenvalue weighted by molar-refractivity contribution is -0.141. The number of aromatic carboxylic acids is 1. The van der Waals surface area contributed by atoms with E-state index < -0.39 is 5.97 Å². The molecule has 1 aliphatic heterocycles. The summed E-state index contributed by atoms with van der Waals surface area (Å²) in [6.07, 6.45) is 7.23. The number of aromatic nitrogens is 3. The quantitative estimate of drug-likeness (QED) is 0.873. The van der Waals surface area contributed by atoms with Crippen molar-refractivity contribution in [3.63, 3.8) is 0 Å². The number of rotatable bonds is 4. The first-order valence-electron chi connectivity index (χ1n) is 9.53. The number of hydrogen-bond donors (Lipinski definition) is 1. The second-order valence-corrected chi connectivity index (χ2v) is 8.38. The van der Waals surface area contributed by atoms with E-state index in [0.29, 0.717) is 17.2 Å². The van der Waals surface area contributed by atoms with Crippen molar-refractivity contribution in [3.8, 4) is 11.3 Å². The summed E-state index contributed by atoms with van der Waals surface area (Å²) in [5.41, 5.74) is 1.95. The molecule has 2 aromatic rings. The average molecular weight is 382 g/mol. The van der Waals surface area contributed by atoms with E-state index in [4.69, 9.17) is 5.11 Å². The van der Waals surface area contributed by atoms with Crippen LogP contribution in [0.15, 0.2) is 30.9 Å². The third kappa shape index (κ3) is 4.71. The predicted molar refractivity (Wildman–Crippen MR) is 105 cm³/mol. The fourth-order valence-corrected chi connectivity index (χ4v) is 3.55. The molecule has 148 valence electrons. The van der Waals surface area contributed by atoms with Crippen LogP contribution in [0.5, 0.6) is 0 Å². The standard InChI is InChI=1S/C21H26N4O3/c1-21(2,3)20(28)25-6-4-5-14(12-25)7-17-9-18(24-13-23-17)15-8-16(19(26)27)11-22-10-15/h8-11,13-14H,4-7,12H2,1-3H3,(H,26,27)/t14-/m0/s1. The van der Waals surface area contributed by atoms with Gasteiger partial charge in [0.15, 0.2) is 0 Å². The van der Waals surface area contributed by atoms with E-state index in [1.165, 1.54) is 12.5 Å². The molecule has 28 heavy (non-hydrogen) atoms. The molecule has 1 amide bonds. The number of carbonyl (C=O) groups excluding carboxylic acids is 1. The van der Waals surface area contributed by atoms with Crippen LogP contribution < -0.4 is 0 Å². The third-order valence-corrected chi connectivity index (χ3v) is 4.95. The van der Waals surface area contributed by atoms with Gasteiger partial charge in [0.25, 0.3) is 0 Å². The summed E-state index contributed by atoms with van der Waals surface area (Å²) in [5, 5.41) is 9.15. The lowest BCUT2D eigenvalue weighted by Crippen LogP contribution is -2.45. The molecule has 0 unspecified atom stereocenters. The summed E-state index contributed by atoms with van der Waals surface area (Å²) in [5.74, 6) is -0.474. The predicted octanol–water partition coefficient (Wildman–Crippen LogP) is 3.06. The molecule has 1 fully saturated rings. The Labute approximate surface area is 164 Å². The highest BCUT2D eigenvalue weighted by atomic mass is 16.4. The van der Waals surface area contributed by atoms with E-state index in [0.717, 1.165) is 38.0 Å². The minimum atomic E-state index is -1.02. The van der Waals surface area contributed by atoms with Crippen molar-refractivity contribution in [2.45, 2.75) is 40.0 Å². The maximum atomic E-state index is 12.6. The van der Waals surface area contributed by atoms with Crippen LogP contribution in [0.1, 0.15) is 49.7 Å². The van der Waals surface area contributed by atoms with Gasteiger partial charge in [-0.05, 0) is 37.3 Å². The van der Waals surface area contributed by atoms with Gasteiger partial charge in [-0.25, -0.2) is 14.8 Å². The lowest BCUT2D eigenvalue weighted by Gasteiger charge is -2.36. The topological polar surface area (TPSA) is 96.3 Å². The smallest absolute Gasteiger partial charge is 0.337 e. The van der Waals surface area contributed by atoms with Crippen molar-refractivity contribution in [3.05, 3.63) is 42.1 Å². The Hall–Kier alpha value is -2.83. The molecule has 0 radical (unpaired) electrons. The summed E-state index contributed by atoms with van der Waals surface area (Å²) >= 11 is 0. The van der Waals surface area contributed by atoms with Crippen molar-refractivity contribution in [2.24, 2.45) is 11.3 Å². The highest BCUT2D eigenvalue weighted by Crippen LogP contribution is 2.26. The van der Waals surface area contributed by atoms with E-state index in [-0.39, 0.29) is 16.9 Å². The van der Waals surface area contributed by atoms with Gasteiger partial charge in [0.05, 0.1) is 11.3 Å². The molecule has 0 aliphatic carbocycles. The van der Waals surface area contributed by atoms with Crippen LogP contribution in [0.3, 0.4) is 0 Å². The normalized spacial score (nSPS) is 17.4. The third-order valence-electron chi connectivity index (χ3n) is 4.95. The largest absolute Gasteiger partial charge is 0.478 e. The van der Waals surface area contributed by atoms with E-state index in [9.17, 15) is 9.59 Å². The van der Waals surface area contributed by atoms with Gasteiger partial charge in [-0.2, -0.15) is 0 Å². The molecule has 3 rings (SSSR count). The van der Waals surface area contributed by atoms with Crippen molar-refractivity contribution in [2.75, 3.05) is 13.1 Å². The lowest BCUT2D eigenvalue weighted by atomic mass is 9.89. The van der Waals surface area contributed by atoms with E-state index in [1.54, 1.807) is 12.3 Å². The molecule has 1 saturated heterocycles. The average Bonchev–Trinajstić information content (AvgIpc) is 2.67. The molecule has 0 spiro atoms. The summed E-state index contributed by atoms with van der Waals surface area (Å²) in [6.45, 7) is 7.42. The van der Waals surface area contributed by atoms with Gasteiger partial charge in [0.1, 0.15) is 6.33 Å².